The van der Waals surface area contributed by atoms with Crippen LogP contribution in [-0.4, -0.2) is 33.6 Å². The number of amides is 1. The summed E-state index contributed by atoms with van der Waals surface area (Å²) in [6.45, 7) is 0. The van der Waals surface area contributed by atoms with E-state index >= 15 is 0 Å². The molecule has 0 saturated heterocycles. The van der Waals surface area contributed by atoms with Crippen LogP contribution in [-0.2, 0) is 15.9 Å². The molecule has 1 atom stereocenters. The molecule has 174 valence electrons. The van der Waals surface area contributed by atoms with Gasteiger partial charge in [0.05, 0.1) is 9.73 Å². The Balaban J connectivity index is 2.01. The molecule has 2 aromatic carbocycles. The number of carbonyl (C=O) groups is 1. The fourth-order valence-electron chi connectivity index (χ4n) is 2.53. The minimum atomic E-state index is -4.93. The topological polar surface area (TPSA) is 93.5 Å². The zero-order chi connectivity index (χ0) is 24.4. The first-order chi connectivity index (χ1) is 15.4. The van der Waals surface area contributed by atoms with Crippen molar-refractivity contribution in [3.8, 4) is 11.6 Å². The average molecular weight is 486 g/mol. The van der Waals surface area contributed by atoms with Crippen LogP contribution in [0.1, 0.15) is 16.1 Å². The fraction of sp³-hybridized carbons (Fsp3) is 0.150. The van der Waals surface area contributed by atoms with E-state index in [1.807, 2.05) is 0 Å². The number of ether oxygens (including phenoxy) is 1. The maximum atomic E-state index is 13.9. The van der Waals surface area contributed by atoms with Crippen LogP contribution in [0.3, 0.4) is 0 Å². The molecule has 3 rings (SSSR count). The van der Waals surface area contributed by atoms with Crippen LogP contribution in [0, 0.1) is 11.6 Å². The largest absolute Gasteiger partial charge is 0.435 e. The molecule has 1 unspecified atom stereocenters. The van der Waals surface area contributed by atoms with Gasteiger partial charge in [0.15, 0.2) is 17.3 Å². The van der Waals surface area contributed by atoms with Crippen molar-refractivity contribution < 1.29 is 35.7 Å². The van der Waals surface area contributed by atoms with Crippen LogP contribution in [0.2, 0.25) is 0 Å². The summed E-state index contributed by atoms with van der Waals surface area (Å²) in [5, 5.41) is 8.58. The van der Waals surface area contributed by atoms with Gasteiger partial charge in [-0.15, -0.1) is 10.2 Å². The third-order valence-corrected chi connectivity index (χ3v) is 6.10. The quantitative estimate of drug-likeness (QED) is 0.518. The molecule has 0 spiro atoms. The first-order valence-corrected chi connectivity index (χ1v) is 10.9. The van der Waals surface area contributed by atoms with Crippen LogP contribution >= 0.6 is 0 Å². The van der Waals surface area contributed by atoms with Crippen molar-refractivity contribution in [1.29, 1.82) is 0 Å². The highest BCUT2D eigenvalue weighted by Gasteiger charge is 2.35. The van der Waals surface area contributed by atoms with E-state index in [0.717, 1.165) is 12.1 Å². The van der Waals surface area contributed by atoms with Crippen molar-refractivity contribution in [2.45, 2.75) is 11.1 Å². The minimum Gasteiger partial charge on any atom is -0.434 e. The van der Waals surface area contributed by atoms with Gasteiger partial charge in [0.2, 0.25) is 0 Å². The zero-order valence-corrected chi connectivity index (χ0v) is 17.8. The number of nitrogens with one attached hydrogen (secondary N) is 1. The average Bonchev–Trinajstić information content (AvgIpc) is 2.75. The van der Waals surface area contributed by atoms with E-state index in [1.165, 1.54) is 37.6 Å². The summed E-state index contributed by atoms with van der Waals surface area (Å²) in [7, 11) is -1.39. The first-order valence-electron chi connectivity index (χ1n) is 9.00. The number of carbonyl (C=O) groups excluding carboxylic acids is 1. The normalized spacial score (nSPS) is 13.2. The summed E-state index contributed by atoms with van der Waals surface area (Å²) < 4.78 is 87.8. The Hall–Kier alpha value is -3.61. The number of hydrogen-bond donors (Lipinski definition) is 1. The van der Waals surface area contributed by atoms with Gasteiger partial charge >= 0.3 is 6.18 Å². The predicted molar refractivity (Wildman–Crippen MR) is 109 cm³/mol. The lowest BCUT2D eigenvalue weighted by molar-refractivity contribution is -0.141. The molecule has 1 amide bonds. The Labute approximate surface area is 184 Å². The molecule has 1 N–H and O–H groups in total. The van der Waals surface area contributed by atoms with Crippen LogP contribution in [0.15, 0.2) is 57.8 Å². The Morgan fingerprint density at radius 2 is 1.82 bits per heavy atom. The summed E-state index contributed by atoms with van der Waals surface area (Å²) in [6.07, 6.45) is -3.56. The number of hydrogen-bond acceptors (Lipinski definition) is 6. The third kappa shape index (κ3) is 5.61. The number of halogens is 5. The second-order valence-electron chi connectivity index (χ2n) is 6.59. The van der Waals surface area contributed by atoms with E-state index in [9.17, 15) is 31.0 Å². The lowest BCUT2D eigenvalue weighted by Crippen LogP contribution is -2.18. The molecule has 0 aliphatic rings. The first kappa shape index (κ1) is 24.0. The van der Waals surface area contributed by atoms with Crippen molar-refractivity contribution in [3.63, 3.8) is 0 Å². The van der Waals surface area contributed by atoms with E-state index in [-0.39, 0.29) is 10.6 Å². The summed E-state index contributed by atoms with van der Waals surface area (Å²) >= 11 is 0. The van der Waals surface area contributed by atoms with Crippen molar-refractivity contribution in [2.24, 2.45) is 4.36 Å². The molecular formula is C20H15F5N4O3S. The van der Waals surface area contributed by atoms with Crippen LogP contribution in [0.5, 0.6) is 11.6 Å². The van der Waals surface area contributed by atoms with Gasteiger partial charge in [0.1, 0.15) is 11.4 Å². The molecule has 7 nitrogen and oxygen atoms in total. The van der Waals surface area contributed by atoms with Crippen molar-refractivity contribution in [3.05, 3.63) is 71.4 Å². The zero-order valence-electron chi connectivity index (χ0n) is 17.0. The lowest BCUT2D eigenvalue weighted by Gasteiger charge is -2.13. The summed E-state index contributed by atoms with van der Waals surface area (Å²) in [4.78, 5) is 13.1. The van der Waals surface area contributed by atoms with E-state index < -0.39 is 56.3 Å². The molecule has 0 bridgehead atoms. The minimum absolute atomic E-state index is 0.0972. The van der Waals surface area contributed by atoms with Crippen LogP contribution in [0.4, 0.5) is 27.6 Å². The second-order valence-corrected chi connectivity index (χ2v) is 9.03. The van der Waals surface area contributed by atoms with Gasteiger partial charge in [-0.05, 0) is 36.4 Å². The highest BCUT2D eigenvalue weighted by atomic mass is 32.2. The monoisotopic (exact) mass is 486 g/mol. The second kappa shape index (κ2) is 9.10. The molecule has 0 aliphatic carbocycles. The van der Waals surface area contributed by atoms with Gasteiger partial charge < -0.3 is 10.1 Å². The Kier molecular flexibility index (Phi) is 6.63. The van der Waals surface area contributed by atoms with Gasteiger partial charge in [-0.1, -0.05) is 6.07 Å². The molecule has 3 aromatic rings. The van der Waals surface area contributed by atoms with Gasteiger partial charge in [0.25, 0.3) is 11.8 Å². The maximum absolute atomic E-state index is 13.9. The summed E-state index contributed by atoms with van der Waals surface area (Å²) in [5.41, 5.74) is -2.11. The fourth-order valence-corrected chi connectivity index (χ4v) is 3.42. The number of benzene rings is 2. The van der Waals surface area contributed by atoms with Crippen molar-refractivity contribution >= 4 is 21.3 Å². The standard InChI is InChI=1S/C20H15F5N4O3S/c1-26-33(2,31)13-5-3-4-12(9-13)27-18(30)14-10-17(20(23,24)25)28-29-19(14)32-16-7-6-11(21)8-15(16)22/h3-10H,1-2H3,(H,27,30). The van der Waals surface area contributed by atoms with Crippen molar-refractivity contribution in [2.75, 3.05) is 18.6 Å². The molecule has 33 heavy (non-hydrogen) atoms. The highest BCUT2D eigenvalue weighted by molar-refractivity contribution is 7.93. The smallest absolute Gasteiger partial charge is 0.434 e. The van der Waals surface area contributed by atoms with E-state index in [1.54, 1.807) is 0 Å². The Bertz CT molecular complexity index is 1340. The number of anilines is 1. The van der Waals surface area contributed by atoms with E-state index in [4.69, 9.17) is 4.74 Å². The van der Waals surface area contributed by atoms with Gasteiger partial charge in [-0.2, -0.15) is 13.2 Å². The number of alkyl halides is 3. The van der Waals surface area contributed by atoms with Gasteiger partial charge in [-0.25, -0.2) is 17.4 Å². The lowest BCUT2D eigenvalue weighted by atomic mass is 10.2. The Morgan fingerprint density at radius 3 is 2.45 bits per heavy atom. The van der Waals surface area contributed by atoms with E-state index in [2.05, 4.69) is 19.9 Å². The summed E-state index contributed by atoms with van der Waals surface area (Å²) in [6, 6.07) is 8.32. The summed E-state index contributed by atoms with van der Waals surface area (Å²) in [5.74, 6) is -4.51. The maximum Gasteiger partial charge on any atom is 0.435 e. The van der Waals surface area contributed by atoms with Crippen molar-refractivity contribution in [1.82, 2.24) is 10.2 Å². The highest BCUT2D eigenvalue weighted by Crippen LogP contribution is 2.32. The predicted octanol–water partition coefficient (Wildman–Crippen LogP) is 4.90. The molecule has 0 radical (unpaired) electrons. The molecular weight excluding hydrogens is 471 g/mol. The molecule has 0 aliphatic heterocycles. The molecule has 1 aromatic heterocycles. The number of aromatic nitrogens is 2. The molecule has 13 heteroatoms. The molecule has 0 fully saturated rings. The SMILES string of the molecule is CN=S(C)(=O)c1cccc(NC(=O)c2cc(C(F)(F)F)nnc2Oc2ccc(F)cc2F)c1. The van der Waals surface area contributed by atoms with Crippen LogP contribution in [0.25, 0.3) is 0 Å². The molecule has 0 saturated carbocycles. The number of rotatable bonds is 5. The number of nitrogens with zero attached hydrogens (tertiary/aromatic N) is 3. The van der Waals surface area contributed by atoms with E-state index in [0.29, 0.717) is 12.1 Å². The van der Waals surface area contributed by atoms with Crippen LogP contribution < -0.4 is 10.1 Å². The Morgan fingerprint density at radius 1 is 1.09 bits per heavy atom. The van der Waals surface area contributed by atoms with Gasteiger partial charge in [-0.3, -0.25) is 4.79 Å². The third-order valence-electron chi connectivity index (χ3n) is 4.27. The van der Waals surface area contributed by atoms with Gasteiger partial charge in [0, 0.05) is 30.0 Å². The molecule has 1 heterocycles.